The molecule has 1 atom stereocenters. The molecule has 2 rings (SSSR count). The minimum Gasteiger partial charge on any atom is -0.355 e. The maximum Gasteiger partial charge on any atom is 0.220 e. The van der Waals surface area contributed by atoms with Crippen LogP contribution in [0, 0.1) is 0 Å². The Morgan fingerprint density at radius 3 is 3.11 bits per heavy atom. The number of nitrogens with one attached hydrogen (secondary N) is 1. The number of nitrogens with zero attached hydrogens (tertiary/aromatic N) is 2. The van der Waals surface area contributed by atoms with E-state index in [1.54, 1.807) is 0 Å². The molecule has 0 radical (unpaired) electrons. The average Bonchev–Trinajstić information content (AvgIpc) is 2.40. The van der Waals surface area contributed by atoms with E-state index in [0.29, 0.717) is 6.42 Å². The van der Waals surface area contributed by atoms with Crippen molar-refractivity contribution in [1.82, 2.24) is 10.3 Å². The molecule has 2 heterocycles. The fourth-order valence-electron chi connectivity index (χ4n) is 2.39. The van der Waals surface area contributed by atoms with Crippen LogP contribution in [-0.2, 0) is 4.79 Å². The molecule has 0 saturated carbocycles. The molecule has 1 aliphatic rings. The predicted molar refractivity (Wildman–Crippen MR) is 80.2 cm³/mol. The van der Waals surface area contributed by atoms with Gasteiger partial charge in [-0.3, -0.25) is 4.79 Å². The van der Waals surface area contributed by atoms with Gasteiger partial charge in [0.2, 0.25) is 5.91 Å². The van der Waals surface area contributed by atoms with Crippen LogP contribution in [0.15, 0.2) is 22.8 Å². The number of rotatable bonds is 4. The van der Waals surface area contributed by atoms with Crippen molar-refractivity contribution in [3.63, 3.8) is 0 Å². The molecule has 5 heteroatoms. The van der Waals surface area contributed by atoms with Crippen molar-refractivity contribution in [3.8, 4) is 0 Å². The first-order chi connectivity index (χ1) is 9.19. The van der Waals surface area contributed by atoms with Crippen LogP contribution >= 0.6 is 15.9 Å². The molecule has 1 N–H and O–H groups in total. The van der Waals surface area contributed by atoms with Crippen molar-refractivity contribution >= 4 is 27.7 Å². The highest BCUT2D eigenvalue weighted by molar-refractivity contribution is 9.10. The maximum atomic E-state index is 11.6. The quantitative estimate of drug-likeness (QED) is 0.925. The van der Waals surface area contributed by atoms with Crippen molar-refractivity contribution in [2.45, 2.75) is 38.6 Å². The lowest BCUT2D eigenvalue weighted by molar-refractivity contribution is -0.121. The van der Waals surface area contributed by atoms with Crippen LogP contribution in [0.1, 0.15) is 32.6 Å². The number of anilines is 1. The van der Waals surface area contributed by atoms with Crippen molar-refractivity contribution in [2.75, 3.05) is 18.0 Å². The van der Waals surface area contributed by atoms with Gasteiger partial charge in [-0.15, -0.1) is 0 Å². The zero-order valence-corrected chi connectivity index (χ0v) is 12.8. The highest BCUT2D eigenvalue weighted by atomic mass is 79.9. The summed E-state index contributed by atoms with van der Waals surface area (Å²) < 4.78 is 0.987. The van der Waals surface area contributed by atoms with E-state index in [1.165, 1.54) is 0 Å². The van der Waals surface area contributed by atoms with Crippen LogP contribution in [0.5, 0.6) is 0 Å². The van der Waals surface area contributed by atoms with Crippen LogP contribution in [0.2, 0.25) is 0 Å². The first-order valence-electron chi connectivity index (χ1n) is 6.85. The molecule has 4 nitrogen and oxygen atoms in total. The first kappa shape index (κ1) is 14.3. The van der Waals surface area contributed by atoms with Gasteiger partial charge in [0.1, 0.15) is 5.82 Å². The van der Waals surface area contributed by atoms with E-state index in [0.717, 1.165) is 42.6 Å². The van der Waals surface area contributed by atoms with Crippen molar-refractivity contribution in [2.24, 2.45) is 0 Å². The van der Waals surface area contributed by atoms with Crippen LogP contribution in [0.3, 0.4) is 0 Å². The normalized spacial score (nSPS) is 19.3. The summed E-state index contributed by atoms with van der Waals surface area (Å²) in [7, 11) is 0. The largest absolute Gasteiger partial charge is 0.355 e. The van der Waals surface area contributed by atoms with Gasteiger partial charge in [0.05, 0.1) is 0 Å². The monoisotopic (exact) mass is 325 g/mol. The summed E-state index contributed by atoms with van der Waals surface area (Å²) >= 11 is 3.39. The summed E-state index contributed by atoms with van der Waals surface area (Å²) in [5.41, 5.74) is 0. The molecule has 0 aromatic carbocycles. The molecule has 1 aromatic heterocycles. The number of carbonyl (C=O) groups excluding carboxylic acids is 1. The number of halogens is 1. The third-order valence-corrected chi connectivity index (χ3v) is 3.77. The van der Waals surface area contributed by atoms with E-state index in [2.05, 4.69) is 31.1 Å². The van der Waals surface area contributed by atoms with Gasteiger partial charge in [0, 0.05) is 36.2 Å². The Balaban J connectivity index is 1.93. The van der Waals surface area contributed by atoms with Crippen LogP contribution in [0.4, 0.5) is 5.82 Å². The highest BCUT2D eigenvalue weighted by Gasteiger charge is 2.21. The zero-order chi connectivity index (χ0) is 13.7. The van der Waals surface area contributed by atoms with Crippen molar-refractivity contribution < 1.29 is 4.79 Å². The number of hydrogen-bond donors (Lipinski definition) is 1. The first-order valence-corrected chi connectivity index (χ1v) is 7.64. The third kappa shape index (κ3) is 4.20. The van der Waals surface area contributed by atoms with Gasteiger partial charge in [-0.05, 0) is 47.3 Å². The van der Waals surface area contributed by atoms with E-state index >= 15 is 0 Å². The smallest absolute Gasteiger partial charge is 0.220 e. The fourth-order valence-corrected chi connectivity index (χ4v) is 2.62. The van der Waals surface area contributed by atoms with Gasteiger partial charge in [-0.2, -0.15) is 0 Å². The summed E-state index contributed by atoms with van der Waals surface area (Å²) in [5, 5.41) is 3.11. The lowest BCUT2D eigenvalue weighted by Gasteiger charge is -2.34. The third-order valence-electron chi connectivity index (χ3n) is 3.30. The van der Waals surface area contributed by atoms with E-state index < -0.39 is 0 Å². The Morgan fingerprint density at radius 2 is 2.42 bits per heavy atom. The van der Waals surface area contributed by atoms with Gasteiger partial charge in [-0.25, -0.2) is 4.98 Å². The molecule has 1 fully saturated rings. The van der Waals surface area contributed by atoms with Gasteiger partial charge >= 0.3 is 0 Å². The average molecular weight is 326 g/mol. The second-order valence-electron chi connectivity index (χ2n) is 4.94. The molecule has 0 aliphatic carbocycles. The van der Waals surface area contributed by atoms with Crippen LogP contribution in [0.25, 0.3) is 0 Å². The summed E-state index contributed by atoms with van der Waals surface area (Å²) in [6.07, 6.45) is 5.48. The second-order valence-corrected chi connectivity index (χ2v) is 5.85. The molecule has 1 saturated heterocycles. The fraction of sp³-hybridized carbons (Fsp3) is 0.571. The highest BCUT2D eigenvalue weighted by Crippen LogP contribution is 2.19. The SMILES string of the molecule is CCCC(=O)N[C@@H]1CCCN(c2ccc(Br)cn2)C1. The molecular formula is C14H20BrN3O. The van der Waals surface area contributed by atoms with Crippen molar-refractivity contribution in [3.05, 3.63) is 22.8 Å². The van der Waals surface area contributed by atoms with E-state index in [9.17, 15) is 4.79 Å². The summed E-state index contributed by atoms with van der Waals surface area (Å²) in [6.45, 7) is 3.89. The molecule has 0 spiro atoms. The molecule has 19 heavy (non-hydrogen) atoms. The number of piperidine rings is 1. The Hall–Kier alpha value is -1.10. The van der Waals surface area contributed by atoms with E-state index in [-0.39, 0.29) is 11.9 Å². The van der Waals surface area contributed by atoms with Gasteiger partial charge in [0.25, 0.3) is 0 Å². The Bertz CT molecular complexity index is 421. The van der Waals surface area contributed by atoms with Gasteiger partial charge < -0.3 is 10.2 Å². The molecule has 1 aliphatic heterocycles. The standard InChI is InChI=1S/C14H20BrN3O/c1-2-4-14(19)17-12-5-3-8-18(10-12)13-7-6-11(15)9-16-13/h6-7,9,12H,2-5,8,10H2,1H3,(H,17,19)/t12-/m1/s1. The molecule has 1 aromatic rings. The lowest BCUT2D eigenvalue weighted by atomic mass is 10.1. The minimum absolute atomic E-state index is 0.165. The molecule has 0 bridgehead atoms. The topological polar surface area (TPSA) is 45.2 Å². The van der Waals surface area contributed by atoms with Crippen LogP contribution in [-0.4, -0.2) is 30.0 Å². The molecule has 0 unspecified atom stereocenters. The molecular weight excluding hydrogens is 306 g/mol. The number of hydrogen-bond acceptors (Lipinski definition) is 3. The Morgan fingerprint density at radius 1 is 1.58 bits per heavy atom. The minimum atomic E-state index is 0.165. The summed E-state index contributed by atoms with van der Waals surface area (Å²) in [4.78, 5) is 18.3. The Labute approximate surface area is 122 Å². The lowest BCUT2D eigenvalue weighted by Crippen LogP contribution is -2.48. The van der Waals surface area contributed by atoms with Gasteiger partial charge in [0.15, 0.2) is 0 Å². The van der Waals surface area contributed by atoms with Gasteiger partial charge in [-0.1, -0.05) is 6.92 Å². The molecule has 104 valence electrons. The number of carbonyl (C=O) groups is 1. The number of pyridine rings is 1. The van der Waals surface area contributed by atoms with E-state index in [4.69, 9.17) is 0 Å². The maximum absolute atomic E-state index is 11.6. The zero-order valence-electron chi connectivity index (χ0n) is 11.2. The number of aromatic nitrogens is 1. The Kier molecular flexibility index (Phi) is 5.19. The van der Waals surface area contributed by atoms with Crippen LogP contribution < -0.4 is 10.2 Å². The summed E-state index contributed by atoms with van der Waals surface area (Å²) in [6, 6.07) is 4.26. The molecule has 1 amide bonds. The number of amides is 1. The van der Waals surface area contributed by atoms with E-state index in [1.807, 2.05) is 25.3 Å². The second kappa shape index (κ2) is 6.89. The predicted octanol–water partition coefficient (Wildman–Crippen LogP) is 2.73. The van der Waals surface area contributed by atoms with Crippen molar-refractivity contribution in [1.29, 1.82) is 0 Å². The summed E-state index contributed by atoms with van der Waals surface area (Å²) in [5.74, 6) is 1.15.